The lowest BCUT2D eigenvalue weighted by atomic mass is 10.1. The summed E-state index contributed by atoms with van der Waals surface area (Å²) in [5.74, 6) is 1.23. The van der Waals surface area contributed by atoms with E-state index < -0.39 is 0 Å². The molecule has 29 heavy (non-hydrogen) atoms. The van der Waals surface area contributed by atoms with Gasteiger partial charge in [0.05, 0.1) is 19.3 Å². The van der Waals surface area contributed by atoms with Gasteiger partial charge in [0.2, 0.25) is 0 Å². The minimum atomic E-state index is -0.327. The van der Waals surface area contributed by atoms with Crippen molar-refractivity contribution < 1.29 is 19.0 Å². The predicted molar refractivity (Wildman–Crippen MR) is 121 cm³/mol. The lowest BCUT2D eigenvalue weighted by molar-refractivity contribution is -0.142. The molecule has 1 aromatic carbocycles. The second kappa shape index (κ2) is 15.9. The highest BCUT2D eigenvalue weighted by Crippen LogP contribution is 2.25. The summed E-state index contributed by atoms with van der Waals surface area (Å²) in [6.45, 7) is 9.68. The number of ether oxygens (including phenoxy) is 3. The molecule has 1 atom stereocenters. The Morgan fingerprint density at radius 3 is 1.90 bits per heavy atom. The third-order valence-corrected chi connectivity index (χ3v) is 4.74. The maximum atomic E-state index is 11.9. The molecule has 164 valence electrons. The van der Waals surface area contributed by atoms with E-state index >= 15 is 0 Å². The summed E-state index contributed by atoms with van der Waals surface area (Å²) in [5, 5.41) is 0. The van der Waals surface area contributed by atoms with Gasteiger partial charge in [-0.15, -0.1) is 0 Å². The Balaban J connectivity index is 2.73. The summed E-state index contributed by atoms with van der Waals surface area (Å²) >= 11 is 0. The fourth-order valence-corrected chi connectivity index (χ4v) is 2.78. The molecule has 1 unspecified atom stereocenters. The molecule has 4 nitrogen and oxygen atoms in total. The molecule has 4 heteroatoms. The molecular weight excluding hydrogens is 364 g/mol. The normalized spacial score (nSPS) is 12.1. The van der Waals surface area contributed by atoms with Gasteiger partial charge in [-0.2, -0.15) is 0 Å². The number of unbranched alkanes of at least 4 members (excludes halogenated alkanes) is 6. The van der Waals surface area contributed by atoms with E-state index in [0.717, 1.165) is 36.3 Å². The molecule has 1 rings (SSSR count). The van der Waals surface area contributed by atoms with Crippen molar-refractivity contribution in [2.45, 2.75) is 91.6 Å². The van der Waals surface area contributed by atoms with Crippen LogP contribution in [0.4, 0.5) is 0 Å². The number of hydrogen-bond donors (Lipinski definition) is 0. The monoisotopic (exact) mass is 404 g/mol. The van der Waals surface area contributed by atoms with Gasteiger partial charge in [0.25, 0.3) is 0 Å². The minimum Gasteiger partial charge on any atom is -0.493 e. The number of hydrogen-bond acceptors (Lipinski definition) is 4. The zero-order valence-electron chi connectivity index (χ0n) is 18.9. The fourth-order valence-electron chi connectivity index (χ4n) is 2.78. The van der Waals surface area contributed by atoms with E-state index in [-0.39, 0.29) is 12.1 Å². The van der Waals surface area contributed by atoms with Crippen molar-refractivity contribution in [1.82, 2.24) is 0 Å². The topological polar surface area (TPSA) is 44.8 Å². The van der Waals surface area contributed by atoms with Gasteiger partial charge in [-0.05, 0) is 50.0 Å². The van der Waals surface area contributed by atoms with Gasteiger partial charge in [-0.25, -0.2) is 4.79 Å². The second-order valence-corrected chi connectivity index (χ2v) is 7.55. The summed E-state index contributed by atoms with van der Waals surface area (Å²) in [6.07, 6.45) is 13.3. The van der Waals surface area contributed by atoms with Crippen molar-refractivity contribution in [3.63, 3.8) is 0 Å². The molecule has 0 heterocycles. The SMILES string of the molecule is CCCCCCOc1cc(C=CC(=O)OC(C)CC)cc(OCCCCCC)c1. The average molecular weight is 405 g/mol. The molecule has 0 N–H and O–H groups in total. The minimum absolute atomic E-state index is 0.0769. The van der Waals surface area contributed by atoms with Crippen LogP contribution >= 0.6 is 0 Å². The quantitative estimate of drug-likeness (QED) is 0.170. The van der Waals surface area contributed by atoms with Crippen LogP contribution in [0.1, 0.15) is 91.0 Å². The van der Waals surface area contributed by atoms with E-state index in [4.69, 9.17) is 14.2 Å². The Bertz CT molecular complexity index is 562. The molecule has 0 saturated carbocycles. The third-order valence-electron chi connectivity index (χ3n) is 4.74. The van der Waals surface area contributed by atoms with Crippen LogP contribution in [-0.2, 0) is 9.53 Å². The van der Waals surface area contributed by atoms with E-state index in [1.54, 1.807) is 6.08 Å². The molecule has 0 fully saturated rings. The molecule has 0 amide bonds. The van der Waals surface area contributed by atoms with Gasteiger partial charge in [-0.3, -0.25) is 0 Å². The first kappa shape index (κ1) is 25.1. The van der Waals surface area contributed by atoms with Crippen LogP contribution in [0.25, 0.3) is 6.08 Å². The Kier molecular flexibility index (Phi) is 13.7. The summed E-state index contributed by atoms with van der Waals surface area (Å²) in [5.41, 5.74) is 0.876. The lowest BCUT2D eigenvalue weighted by Crippen LogP contribution is -2.11. The van der Waals surface area contributed by atoms with Crippen LogP contribution in [-0.4, -0.2) is 25.3 Å². The largest absolute Gasteiger partial charge is 0.493 e. The average Bonchev–Trinajstić information content (AvgIpc) is 2.72. The standard InChI is InChI=1S/C25H40O4/c1-5-8-10-12-16-27-23-18-22(14-15-25(26)29-21(4)7-3)19-24(20-23)28-17-13-11-9-6-2/h14-15,18-21H,5-13,16-17H2,1-4H3. The molecule has 0 aliphatic rings. The summed E-state index contributed by atoms with van der Waals surface area (Å²) < 4.78 is 17.2. The molecule has 0 bridgehead atoms. The van der Waals surface area contributed by atoms with E-state index in [2.05, 4.69) is 13.8 Å². The van der Waals surface area contributed by atoms with Crippen molar-refractivity contribution in [2.75, 3.05) is 13.2 Å². The first-order chi connectivity index (χ1) is 14.1. The van der Waals surface area contributed by atoms with Crippen LogP contribution in [0.15, 0.2) is 24.3 Å². The summed E-state index contributed by atoms with van der Waals surface area (Å²) in [6, 6.07) is 5.82. The highest BCUT2D eigenvalue weighted by atomic mass is 16.5. The van der Waals surface area contributed by atoms with Crippen molar-refractivity contribution in [3.8, 4) is 11.5 Å². The van der Waals surface area contributed by atoms with Gasteiger partial charge < -0.3 is 14.2 Å². The molecule has 1 aromatic rings. The zero-order valence-corrected chi connectivity index (χ0v) is 18.9. The highest BCUT2D eigenvalue weighted by Gasteiger charge is 2.06. The number of carbonyl (C=O) groups is 1. The maximum Gasteiger partial charge on any atom is 0.331 e. The van der Waals surface area contributed by atoms with Crippen LogP contribution < -0.4 is 9.47 Å². The molecule has 0 saturated heterocycles. The van der Waals surface area contributed by atoms with E-state index in [1.807, 2.05) is 32.0 Å². The molecule has 0 aliphatic carbocycles. The molecule has 0 spiro atoms. The van der Waals surface area contributed by atoms with Crippen molar-refractivity contribution in [2.24, 2.45) is 0 Å². The summed E-state index contributed by atoms with van der Waals surface area (Å²) in [7, 11) is 0. The summed E-state index contributed by atoms with van der Waals surface area (Å²) in [4.78, 5) is 11.9. The van der Waals surface area contributed by atoms with Crippen molar-refractivity contribution in [1.29, 1.82) is 0 Å². The number of benzene rings is 1. The van der Waals surface area contributed by atoms with Crippen LogP contribution in [0.3, 0.4) is 0 Å². The Morgan fingerprint density at radius 1 is 0.862 bits per heavy atom. The predicted octanol–water partition coefficient (Wildman–Crippen LogP) is 6.96. The van der Waals surface area contributed by atoms with Crippen LogP contribution in [0.2, 0.25) is 0 Å². The molecule has 0 aromatic heterocycles. The fraction of sp³-hybridized carbons (Fsp3) is 0.640. The van der Waals surface area contributed by atoms with E-state index in [9.17, 15) is 4.79 Å². The van der Waals surface area contributed by atoms with E-state index in [1.165, 1.54) is 44.6 Å². The lowest BCUT2D eigenvalue weighted by Gasteiger charge is -2.12. The van der Waals surface area contributed by atoms with Crippen molar-refractivity contribution in [3.05, 3.63) is 29.8 Å². The Hall–Kier alpha value is -1.97. The first-order valence-corrected chi connectivity index (χ1v) is 11.4. The second-order valence-electron chi connectivity index (χ2n) is 7.55. The van der Waals surface area contributed by atoms with Gasteiger partial charge in [0.15, 0.2) is 0 Å². The zero-order chi connectivity index (χ0) is 21.3. The number of carbonyl (C=O) groups excluding carboxylic acids is 1. The Labute approximate surface area is 177 Å². The smallest absolute Gasteiger partial charge is 0.331 e. The van der Waals surface area contributed by atoms with Gasteiger partial charge >= 0.3 is 5.97 Å². The first-order valence-electron chi connectivity index (χ1n) is 11.4. The third kappa shape index (κ3) is 12.2. The highest BCUT2D eigenvalue weighted by molar-refractivity contribution is 5.87. The van der Waals surface area contributed by atoms with Gasteiger partial charge in [-0.1, -0.05) is 59.3 Å². The number of esters is 1. The molecule has 0 aliphatic heterocycles. The van der Waals surface area contributed by atoms with Crippen LogP contribution in [0.5, 0.6) is 11.5 Å². The van der Waals surface area contributed by atoms with Crippen LogP contribution in [0, 0.1) is 0 Å². The Morgan fingerprint density at radius 2 is 1.41 bits per heavy atom. The number of rotatable bonds is 16. The van der Waals surface area contributed by atoms with Gasteiger partial charge in [0, 0.05) is 12.1 Å². The molecule has 0 radical (unpaired) electrons. The molecular formula is C25H40O4. The maximum absolute atomic E-state index is 11.9. The van der Waals surface area contributed by atoms with E-state index in [0.29, 0.717) is 13.2 Å². The van der Waals surface area contributed by atoms with Gasteiger partial charge in [0.1, 0.15) is 11.5 Å². The van der Waals surface area contributed by atoms with Crippen molar-refractivity contribution >= 4 is 12.0 Å².